The van der Waals surface area contributed by atoms with Gasteiger partial charge in [0.05, 0.1) is 6.10 Å². The maximum Gasteiger partial charge on any atom is 0.123 e. The quantitative estimate of drug-likeness (QED) is 0.702. The number of aliphatic hydroxyl groups is 1. The second-order valence-corrected chi connectivity index (χ2v) is 4.96. The maximum atomic E-state index is 12.7. The summed E-state index contributed by atoms with van der Waals surface area (Å²) in [6.45, 7) is 1.43. The zero-order valence-electron chi connectivity index (χ0n) is 10.2. The second-order valence-electron chi connectivity index (χ2n) is 3.97. The molecule has 0 spiro atoms. The number of aliphatic hydroxyl groups excluding tert-OH is 1. The molecule has 0 aliphatic carbocycles. The number of unbranched alkanes of at least 4 members (excludes halogenated alkanes) is 1. The van der Waals surface area contributed by atoms with Crippen LogP contribution in [-0.2, 0) is 0 Å². The van der Waals surface area contributed by atoms with Gasteiger partial charge in [-0.15, -0.1) is 0 Å². The summed E-state index contributed by atoms with van der Waals surface area (Å²) < 4.78 is 12.7. The summed E-state index contributed by atoms with van der Waals surface area (Å²) in [6, 6.07) is 5.98. The average Bonchev–Trinajstić information content (AvgIpc) is 2.34. The predicted molar refractivity (Wildman–Crippen MR) is 71.8 cm³/mol. The molecule has 17 heavy (non-hydrogen) atoms. The lowest BCUT2D eigenvalue weighted by molar-refractivity contribution is 0.174. The van der Waals surface area contributed by atoms with Crippen LogP contribution in [0.15, 0.2) is 24.3 Å². The Hall–Kier alpha value is -0.580. The molecule has 1 atom stereocenters. The minimum atomic E-state index is -0.559. The van der Waals surface area contributed by atoms with E-state index in [4.69, 9.17) is 0 Å². The Morgan fingerprint density at radius 1 is 1.29 bits per heavy atom. The number of hydrogen-bond donors (Lipinski definition) is 2. The Morgan fingerprint density at radius 2 is 2.00 bits per heavy atom. The number of rotatable bonds is 8. The summed E-state index contributed by atoms with van der Waals surface area (Å²) in [5, 5.41) is 13.0. The van der Waals surface area contributed by atoms with E-state index in [2.05, 4.69) is 11.6 Å². The number of nitrogens with one attached hydrogen (secondary N) is 1. The molecule has 0 aliphatic heterocycles. The minimum absolute atomic E-state index is 0.272. The monoisotopic (exact) mass is 257 g/mol. The Bertz CT molecular complexity index is 305. The average molecular weight is 257 g/mol. The van der Waals surface area contributed by atoms with Crippen molar-refractivity contribution in [2.75, 3.05) is 25.1 Å². The molecule has 2 nitrogen and oxygen atoms in total. The molecular formula is C13H20FNOS. The highest BCUT2D eigenvalue weighted by atomic mass is 32.2. The first-order valence-corrected chi connectivity index (χ1v) is 7.26. The molecule has 0 bridgehead atoms. The molecule has 0 aliphatic rings. The van der Waals surface area contributed by atoms with E-state index < -0.39 is 6.10 Å². The molecule has 0 radical (unpaired) electrons. The first-order valence-electron chi connectivity index (χ1n) is 5.87. The molecule has 1 aromatic carbocycles. The number of hydrogen-bond acceptors (Lipinski definition) is 3. The summed E-state index contributed by atoms with van der Waals surface area (Å²) in [7, 11) is 0. The third-order valence-electron chi connectivity index (χ3n) is 2.54. The summed E-state index contributed by atoms with van der Waals surface area (Å²) in [5.41, 5.74) is 0.753. The largest absolute Gasteiger partial charge is 0.387 e. The van der Waals surface area contributed by atoms with Gasteiger partial charge < -0.3 is 10.4 Å². The van der Waals surface area contributed by atoms with Crippen molar-refractivity contribution in [3.05, 3.63) is 35.6 Å². The number of thioether (sulfide) groups is 1. The van der Waals surface area contributed by atoms with Gasteiger partial charge in [-0.1, -0.05) is 12.1 Å². The van der Waals surface area contributed by atoms with Crippen molar-refractivity contribution >= 4 is 11.8 Å². The van der Waals surface area contributed by atoms with Gasteiger partial charge in [0.1, 0.15) is 5.82 Å². The van der Waals surface area contributed by atoms with Crippen molar-refractivity contribution < 1.29 is 9.50 Å². The normalized spacial score (nSPS) is 12.6. The van der Waals surface area contributed by atoms with Crippen LogP contribution in [0.2, 0.25) is 0 Å². The van der Waals surface area contributed by atoms with Crippen LogP contribution in [0, 0.1) is 5.82 Å². The highest BCUT2D eigenvalue weighted by Crippen LogP contribution is 2.12. The molecule has 0 saturated heterocycles. The maximum absolute atomic E-state index is 12.7. The summed E-state index contributed by atoms with van der Waals surface area (Å²) in [6.07, 6.45) is 3.86. The molecule has 4 heteroatoms. The summed E-state index contributed by atoms with van der Waals surface area (Å²) >= 11 is 1.85. The zero-order valence-corrected chi connectivity index (χ0v) is 11.0. The molecule has 0 fully saturated rings. The minimum Gasteiger partial charge on any atom is -0.387 e. The molecule has 0 amide bonds. The fraction of sp³-hybridized carbons (Fsp3) is 0.538. The van der Waals surface area contributed by atoms with Crippen molar-refractivity contribution in [2.24, 2.45) is 0 Å². The zero-order chi connectivity index (χ0) is 12.5. The van der Waals surface area contributed by atoms with E-state index in [0.29, 0.717) is 6.54 Å². The fourth-order valence-electron chi connectivity index (χ4n) is 1.54. The van der Waals surface area contributed by atoms with Crippen molar-refractivity contribution in [3.63, 3.8) is 0 Å². The summed E-state index contributed by atoms with van der Waals surface area (Å²) in [5.74, 6) is 0.910. The van der Waals surface area contributed by atoms with Gasteiger partial charge in [-0.05, 0) is 49.1 Å². The van der Waals surface area contributed by atoms with Crippen LogP contribution >= 0.6 is 11.8 Å². The summed E-state index contributed by atoms with van der Waals surface area (Å²) in [4.78, 5) is 0. The lowest BCUT2D eigenvalue weighted by atomic mass is 10.1. The van der Waals surface area contributed by atoms with E-state index in [1.165, 1.54) is 24.3 Å². The molecule has 1 rings (SSSR count). The Kier molecular flexibility index (Phi) is 7.24. The van der Waals surface area contributed by atoms with Gasteiger partial charge in [-0.2, -0.15) is 11.8 Å². The van der Waals surface area contributed by atoms with Gasteiger partial charge in [-0.3, -0.25) is 0 Å². The van der Waals surface area contributed by atoms with Crippen molar-refractivity contribution in [2.45, 2.75) is 18.9 Å². The highest BCUT2D eigenvalue weighted by molar-refractivity contribution is 7.98. The Labute approximate surface area is 107 Å². The van der Waals surface area contributed by atoms with E-state index in [9.17, 15) is 9.50 Å². The molecule has 96 valence electrons. The predicted octanol–water partition coefficient (Wildman–Crippen LogP) is 2.59. The number of benzene rings is 1. The molecule has 0 heterocycles. The smallest absolute Gasteiger partial charge is 0.123 e. The van der Waals surface area contributed by atoms with Gasteiger partial charge in [0.15, 0.2) is 0 Å². The van der Waals surface area contributed by atoms with Crippen molar-refractivity contribution in [3.8, 4) is 0 Å². The Morgan fingerprint density at radius 3 is 2.65 bits per heavy atom. The molecule has 2 N–H and O–H groups in total. The number of halogens is 1. The van der Waals surface area contributed by atoms with Crippen LogP contribution in [0.1, 0.15) is 24.5 Å². The molecular weight excluding hydrogens is 237 g/mol. The first kappa shape index (κ1) is 14.5. The van der Waals surface area contributed by atoms with E-state index in [1.807, 2.05) is 11.8 Å². The standard InChI is InChI=1S/C13H20FNOS/c1-17-9-3-2-8-15-10-13(16)11-4-6-12(14)7-5-11/h4-7,13,15-16H,2-3,8-10H2,1H3. The highest BCUT2D eigenvalue weighted by Gasteiger charge is 2.06. The van der Waals surface area contributed by atoms with Crippen LogP contribution in [0.4, 0.5) is 4.39 Å². The molecule has 1 unspecified atom stereocenters. The van der Waals surface area contributed by atoms with Crippen LogP contribution < -0.4 is 5.32 Å². The molecule has 0 aromatic heterocycles. The lowest BCUT2D eigenvalue weighted by Gasteiger charge is -2.12. The van der Waals surface area contributed by atoms with E-state index in [0.717, 1.165) is 18.5 Å². The van der Waals surface area contributed by atoms with Gasteiger partial charge in [0.2, 0.25) is 0 Å². The third-order valence-corrected chi connectivity index (χ3v) is 3.24. The van der Waals surface area contributed by atoms with Crippen LogP contribution in [0.5, 0.6) is 0 Å². The SMILES string of the molecule is CSCCCCNCC(O)c1ccc(F)cc1. The van der Waals surface area contributed by atoms with Gasteiger partial charge in [0.25, 0.3) is 0 Å². The van der Waals surface area contributed by atoms with Gasteiger partial charge in [-0.25, -0.2) is 4.39 Å². The fourth-order valence-corrected chi connectivity index (χ4v) is 2.03. The second kappa shape index (κ2) is 8.50. The molecule has 1 aromatic rings. The van der Waals surface area contributed by atoms with Crippen molar-refractivity contribution in [1.29, 1.82) is 0 Å². The first-order chi connectivity index (χ1) is 8.24. The van der Waals surface area contributed by atoms with Gasteiger partial charge >= 0.3 is 0 Å². The topological polar surface area (TPSA) is 32.3 Å². The van der Waals surface area contributed by atoms with Crippen molar-refractivity contribution in [1.82, 2.24) is 5.32 Å². The molecule has 0 saturated carbocycles. The van der Waals surface area contributed by atoms with E-state index >= 15 is 0 Å². The van der Waals surface area contributed by atoms with Crippen LogP contribution in [0.25, 0.3) is 0 Å². The van der Waals surface area contributed by atoms with E-state index in [1.54, 1.807) is 12.1 Å². The van der Waals surface area contributed by atoms with Gasteiger partial charge in [0, 0.05) is 6.54 Å². The Balaban J connectivity index is 2.16. The van der Waals surface area contributed by atoms with Crippen LogP contribution in [-0.4, -0.2) is 30.2 Å². The third kappa shape index (κ3) is 6.05. The van der Waals surface area contributed by atoms with E-state index in [-0.39, 0.29) is 5.82 Å². The van der Waals surface area contributed by atoms with Crippen LogP contribution in [0.3, 0.4) is 0 Å². The lowest BCUT2D eigenvalue weighted by Crippen LogP contribution is -2.22.